The van der Waals surface area contributed by atoms with Crippen molar-refractivity contribution in [1.29, 1.82) is 0 Å². The summed E-state index contributed by atoms with van der Waals surface area (Å²) >= 11 is 1.16. The number of hydrogen-bond donors (Lipinski definition) is 1. The predicted octanol–water partition coefficient (Wildman–Crippen LogP) is 4.01. The van der Waals surface area contributed by atoms with Gasteiger partial charge < -0.3 is 9.42 Å². The first-order chi connectivity index (χ1) is 13.0. The molecule has 6 nitrogen and oxygen atoms in total. The normalized spacial score (nSPS) is 15.6. The molecule has 1 aliphatic rings. The third kappa shape index (κ3) is 3.92. The Morgan fingerprint density at radius 2 is 1.96 bits per heavy atom. The maximum atomic E-state index is 12.6. The van der Waals surface area contributed by atoms with E-state index in [9.17, 15) is 8.42 Å². The van der Waals surface area contributed by atoms with E-state index < -0.39 is 10.0 Å². The molecule has 1 N–H and O–H groups in total. The molecule has 0 bridgehead atoms. The van der Waals surface area contributed by atoms with E-state index in [2.05, 4.69) is 21.7 Å². The van der Waals surface area contributed by atoms with E-state index in [0.29, 0.717) is 17.3 Å². The summed E-state index contributed by atoms with van der Waals surface area (Å²) in [5.74, 6) is 0.546. The van der Waals surface area contributed by atoms with Crippen LogP contribution in [0.5, 0.6) is 0 Å². The molecule has 0 amide bonds. The van der Waals surface area contributed by atoms with Gasteiger partial charge in [-0.1, -0.05) is 24.2 Å². The van der Waals surface area contributed by atoms with Crippen LogP contribution in [0.4, 0.5) is 5.69 Å². The molecular formula is C19H21N3O3S2. The highest BCUT2D eigenvalue weighted by Crippen LogP contribution is 2.31. The summed E-state index contributed by atoms with van der Waals surface area (Å²) in [6.45, 7) is 5.50. The second-order valence-electron chi connectivity index (χ2n) is 6.69. The zero-order chi connectivity index (χ0) is 18.9. The van der Waals surface area contributed by atoms with E-state index >= 15 is 0 Å². The first kappa shape index (κ1) is 18.2. The minimum absolute atomic E-state index is 0.249. The van der Waals surface area contributed by atoms with Gasteiger partial charge in [0.25, 0.3) is 10.0 Å². The van der Waals surface area contributed by atoms with Gasteiger partial charge in [0, 0.05) is 30.8 Å². The summed E-state index contributed by atoms with van der Waals surface area (Å²) in [7, 11) is -3.62. The molecule has 1 aromatic carbocycles. The van der Waals surface area contributed by atoms with E-state index in [4.69, 9.17) is 4.52 Å². The van der Waals surface area contributed by atoms with E-state index in [-0.39, 0.29) is 4.21 Å². The second-order valence-corrected chi connectivity index (χ2v) is 9.68. The fourth-order valence-corrected chi connectivity index (χ4v) is 5.58. The van der Waals surface area contributed by atoms with Gasteiger partial charge in [0.2, 0.25) is 0 Å². The number of nitrogens with zero attached hydrogens (tertiary/aromatic N) is 2. The van der Waals surface area contributed by atoms with Gasteiger partial charge in [0.15, 0.2) is 0 Å². The lowest BCUT2D eigenvalue weighted by Gasteiger charge is -2.39. The molecule has 0 atom stereocenters. The van der Waals surface area contributed by atoms with E-state index in [1.165, 1.54) is 18.2 Å². The molecule has 8 heteroatoms. The van der Waals surface area contributed by atoms with Crippen molar-refractivity contribution in [3.05, 3.63) is 54.3 Å². The van der Waals surface area contributed by atoms with E-state index in [1.54, 1.807) is 18.2 Å². The van der Waals surface area contributed by atoms with Gasteiger partial charge in [-0.05, 0) is 42.8 Å². The van der Waals surface area contributed by atoms with Crippen molar-refractivity contribution in [1.82, 2.24) is 10.1 Å². The smallest absolute Gasteiger partial charge is 0.271 e. The van der Waals surface area contributed by atoms with Crippen LogP contribution >= 0.6 is 11.3 Å². The number of rotatable bonds is 7. The van der Waals surface area contributed by atoms with Crippen LogP contribution in [0.2, 0.25) is 0 Å². The quantitative estimate of drug-likeness (QED) is 0.645. The Hall–Kier alpha value is -2.16. The van der Waals surface area contributed by atoms with E-state index in [0.717, 1.165) is 35.8 Å². The van der Waals surface area contributed by atoms with E-state index in [1.807, 2.05) is 24.3 Å². The van der Waals surface area contributed by atoms with Crippen molar-refractivity contribution in [3.8, 4) is 10.6 Å². The molecule has 1 aliphatic heterocycles. The average molecular weight is 404 g/mol. The fourth-order valence-electron chi connectivity index (χ4n) is 3.25. The highest BCUT2D eigenvalue weighted by atomic mass is 32.2. The van der Waals surface area contributed by atoms with Crippen molar-refractivity contribution in [2.75, 3.05) is 24.4 Å². The number of sulfonamides is 1. The molecule has 0 radical (unpaired) electrons. The molecular weight excluding hydrogens is 382 g/mol. The molecule has 1 saturated heterocycles. The number of benzene rings is 1. The average Bonchev–Trinajstić information content (AvgIpc) is 3.29. The first-order valence-electron chi connectivity index (χ1n) is 8.91. The molecule has 1 fully saturated rings. The maximum Gasteiger partial charge on any atom is 0.271 e. The minimum atomic E-state index is -3.62. The molecule has 3 heterocycles. The Bertz CT molecular complexity index is 989. The van der Waals surface area contributed by atoms with Gasteiger partial charge in [-0.2, -0.15) is 0 Å². The number of thiophene rings is 1. The van der Waals surface area contributed by atoms with Crippen LogP contribution < -0.4 is 4.72 Å². The second kappa shape index (κ2) is 7.46. The fraction of sp³-hybridized carbons (Fsp3) is 0.316. The largest absolute Gasteiger partial charge is 0.364 e. The Labute approximate surface area is 162 Å². The third-order valence-corrected chi connectivity index (χ3v) is 7.65. The summed E-state index contributed by atoms with van der Waals surface area (Å²) in [5, 5.41) is 3.84. The van der Waals surface area contributed by atoms with Gasteiger partial charge in [-0.25, -0.2) is 8.42 Å². The molecule has 0 aliphatic carbocycles. The minimum Gasteiger partial charge on any atom is -0.364 e. The Balaban J connectivity index is 1.42. The van der Waals surface area contributed by atoms with Crippen molar-refractivity contribution in [2.24, 2.45) is 0 Å². The topological polar surface area (TPSA) is 75.4 Å². The Morgan fingerprint density at radius 3 is 2.63 bits per heavy atom. The SMILES string of the molecule is CCCN1CC(c2ccc(NS(=O)(=O)c3ccc(-c4ccon4)s3)cc2)C1. The summed E-state index contributed by atoms with van der Waals surface area (Å²) in [6.07, 6.45) is 2.64. The molecule has 0 saturated carbocycles. The molecule has 2 aromatic heterocycles. The number of nitrogens with one attached hydrogen (secondary N) is 1. The van der Waals surface area contributed by atoms with Crippen LogP contribution in [0, 0.1) is 0 Å². The molecule has 0 spiro atoms. The lowest BCUT2D eigenvalue weighted by atomic mass is 9.91. The third-order valence-electron chi connectivity index (χ3n) is 4.67. The molecule has 142 valence electrons. The van der Waals surface area contributed by atoms with Gasteiger partial charge in [-0.3, -0.25) is 4.72 Å². The number of likely N-dealkylation sites (tertiary alicyclic amines) is 1. The van der Waals surface area contributed by atoms with Crippen molar-refractivity contribution in [3.63, 3.8) is 0 Å². The maximum absolute atomic E-state index is 12.6. The summed E-state index contributed by atoms with van der Waals surface area (Å²) in [5.41, 5.74) is 2.46. The lowest BCUT2D eigenvalue weighted by molar-refractivity contribution is 0.149. The molecule has 0 unspecified atom stereocenters. The standard InChI is InChI=1S/C19H21N3O3S2/c1-2-10-22-12-15(13-22)14-3-5-16(6-4-14)21-27(23,24)19-8-7-18(26-19)17-9-11-25-20-17/h3-9,11,15,21H,2,10,12-13H2,1H3. The van der Waals surface area contributed by atoms with Crippen molar-refractivity contribution < 1.29 is 12.9 Å². The van der Waals surface area contributed by atoms with Crippen LogP contribution in [-0.2, 0) is 10.0 Å². The van der Waals surface area contributed by atoms with Crippen molar-refractivity contribution >= 4 is 27.0 Å². The zero-order valence-electron chi connectivity index (χ0n) is 15.0. The number of hydrogen-bond acceptors (Lipinski definition) is 6. The van der Waals surface area contributed by atoms with Gasteiger partial charge in [0.05, 0.1) is 4.88 Å². The monoisotopic (exact) mass is 403 g/mol. The number of anilines is 1. The Morgan fingerprint density at radius 1 is 1.19 bits per heavy atom. The van der Waals surface area contributed by atoms with Crippen LogP contribution in [0.25, 0.3) is 10.6 Å². The van der Waals surface area contributed by atoms with Crippen LogP contribution in [0.3, 0.4) is 0 Å². The molecule has 4 rings (SSSR count). The lowest BCUT2D eigenvalue weighted by Crippen LogP contribution is -2.45. The molecule has 27 heavy (non-hydrogen) atoms. The molecule has 3 aromatic rings. The van der Waals surface area contributed by atoms with Gasteiger partial charge >= 0.3 is 0 Å². The van der Waals surface area contributed by atoms with Crippen LogP contribution in [-0.4, -0.2) is 38.1 Å². The van der Waals surface area contributed by atoms with Gasteiger partial charge in [-0.15, -0.1) is 11.3 Å². The highest BCUT2D eigenvalue weighted by Gasteiger charge is 2.27. The summed E-state index contributed by atoms with van der Waals surface area (Å²) < 4.78 is 33.0. The van der Waals surface area contributed by atoms with Crippen LogP contribution in [0.1, 0.15) is 24.8 Å². The first-order valence-corrected chi connectivity index (χ1v) is 11.2. The Kier molecular flexibility index (Phi) is 5.03. The number of aromatic nitrogens is 1. The predicted molar refractivity (Wildman–Crippen MR) is 107 cm³/mol. The van der Waals surface area contributed by atoms with Gasteiger partial charge in [0.1, 0.15) is 16.2 Å². The van der Waals surface area contributed by atoms with Crippen LogP contribution in [0.15, 0.2) is 57.5 Å². The summed E-state index contributed by atoms with van der Waals surface area (Å²) in [4.78, 5) is 3.19. The zero-order valence-corrected chi connectivity index (χ0v) is 16.6. The van der Waals surface area contributed by atoms with Crippen molar-refractivity contribution in [2.45, 2.75) is 23.5 Å². The highest BCUT2D eigenvalue weighted by molar-refractivity contribution is 7.94. The summed E-state index contributed by atoms with van der Waals surface area (Å²) in [6, 6.07) is 12.7.